The Kier molecular flexibility index (Phi) is 1.90. The molecule has 1 aromatic rings. The SMILES string of the molecule is CCc1c(N)ccnc1C. The van der Waals surface area contributed by atoms with Crippen molar-refractivity contribution in [2.24, 2.45) is 0 Å². The van der Waals surface area contributed by atoms with E-state index in [0.717, 1.165) is 17.8 Å². The van der Waals surface area contributed by atoms with E-state index >= 15 is 0 Å². The van der Waals surface area contributed by atoms with Crippen LogP contribution in [0.1, 0.15) is 18.2 Å². The molecule has 0 aliphatic carbocycles. The number of hydrogen-bond donors (Lipinski definition) is 1. The number of nitrogens with two attached hydrogens (primary N) is 1. The van der Waals surface area contributed by atoms with Crippen LogP contribution in [0, 0.1) is 6.92 Å². The second kappa shape index (κ2) is 2.69. The van der Waals surface area contributed by atoms with E-state index in [1.165, 1.54) is 5.56 Å². The van der Waals surface area contributed by atoms with Crippen molar-refractivity contribution in [3.63, 3.8) is 0 Å². The molecule has 2 N–H and O–H groups in total. The molecular weight excluding hydrogens is 124 g/mol. The molecule has 2 nitrogen and oxygen atoms in total. The topological polar surface area (TPSA) is 38.9 Å². The summed E-state index contributed by atoms with van der Waals surface area (Å²) in [5, 5.41) is 0. The van der Waals surface area contributed by atoms with Crippen LogP contribution in [-0.2, 0) is 6.42 Å². The van der Waals surface area contributed by atoms with Crippen molar-refractivity contribution < 1.29 is 0 Å². The van der Waals surface area contributed by atoms with Gasteiger partial charge in [-0.1, -0.05) is 6.92 Å². The van der Waals surface area contributed by atoms with Crippen LogP contribution < -0.4 is 5.73 Å². The molecule has 2 heteroatoms. The number of aromatic nitrogens is 1. The third-order valence-electron chi connectivity index (χ3n) is 1.66. The average molecular weight is 136 g/mol. The Balaban J connectivity index is 3.17. The van der Waals surface area contributed by atoms with Gasteiger partial charge in [0.1, 0.15) is 0 Å². The molecule has 0 aliphatic heterocycles. The van der Waals surface area contributed by atoms with Crippen LogP contribution in [0.15, 0.2) is 12.3 Å². The first-order chi connectivity index (χ1) is 4.75. The lowest BCUT2D eigenvalue weighted by Gasteiger charge is -2.03. The van der Waals surface area contributed by atoms with Gasteiger partial charge in [-0.05, 0) is 25.0 Å². The second-order valence-corrected chi connectivity index (χ2v) is 2.32. The number of hydrogen-bond acceptors (Lipinski definition) is 2. The molecule has 0 aliphatic rings. The van der Waals surface area contributed by atoms with Crippen LogP contribution in [0.2, 0.25) is 0 Å². The van der Waals surface area contributed by atoms with Crippen LogP contribution >= 0.6 is 0 Å². The second-order valence-electron chi connectivity index (χ2n) is 2.32. The molecule has 0 spiro atoms. The molecule has 0 amide bonds. The summed E-state index contributed by atoms with van der Waals surface area (Å²) in [7, 11) is 0. The van der Waals surface area contributed by atoms with Gasteiger partial charge in [-0.3, -0.25) is 4.98 Å². The van der Waals surface area contributed by atoms with Crippen molar-refractivity contribution in [3.05, 3.63) is 23.5 Å². The zero-order chi connectivity index (χ0) is 7.56. The molecule has 0 bridgehead atoms. The van der Waals surface area contributed by atoms with E-state index in [4.69, 9.17) is 5.73 Å². The first-order valence-corrected chi connectivity index (χ1v) is 3.45. The number of aryl methyl sites for hydroxylation is 1. The summed E-state index contributed by atoms with van der Waals surface area (Å²) in [6, 6.07) is 1.84. The van der Waals surface area contributed by atoms with E-state index in [2.05, 4.69) is 11.9 Å². The molecule has 1 aromatic heterocycles. The fourth-order valence-electron chi connectivity index (χ4n) is 1.08. The minimum absolute atomic E-state index is 0.856. The van der Waals surface area contributed by atoms with E-state index in [0.29, 0.717) is 0 Å². The quantitative estimate of drug-likeness (QED) is 0.636. The summed E-state index contributed by atoms with van der Waals surface area (Å²) in [6.07, 6.45) is 2.70. The largest absolute Gasteiger partial charge is 0.398 e. The number of anilines is 1. The van der Waals surface area contributed by atoms with E-state index in [-0.39, 0.29) is 0 Å². The average Bonchev–Trinajstić information content (AvgIpc) is 1.88. The lowest BCUT2D eigenvalue weighted by molar-refractivity contribution is 1.05. The van der Waals surface area contributed by atoms with Gasteiger partial charge in [0.2, 0.25) is 0 Å². The molecular formula is C8H12N2. The van der Waals surface area contributed by atoms with Gasteiger partial charge in [0.15, 0.2) is 0 Å². The van der Waals surface area contributed by atoms with E-state index in [1.807, 2.05) is 13.0 Å². The van der Waals surface area contributed by atoms with Gasteiger partial charge < -0.3 is 5.73 Å². The lowest BCUT2D eigenvalue weighted by atomic mass is 10.1. The predicted molar refractivity (Wildman–Crippen MR) is 42.8 cm³/mol. The zero-order valence-corrected chi connectivity index (χ0v) is 6.39. The standard InChI is InChI=1S/C8H12N2/c1-3-7-6(2)10-5-4-8(7)9/h4-5H,3H2,1-2H3,(H2,9,10). The fourth-order valence-corrected chi connectivity index (χ4v) is 1.08. The summed E-state index contributed by atoms with van der Waals surface area (Å²) < 4.78 is 0. The molecule has 54 valence electrons. The Hall–Kier alpha value is -1.05. The Labute approximate surface area is 61.1 Å². The number of nitrogens with zero attached hydrogens (tertiary/aromatic N) is 1. The Morgan fingerprint density at radius 3 is 2.70 bits per heavy atom. The Bertz CT molecular complexity index is 210. The van der Waals surface area contributed by atoms with E-state index < -0.39 is 0 Å². The maximum atomic E-state index is 5.69. The van der Waals surface area contributed by atoms with Crippen molar-refractivity contribution >= 4 is 5.69 Å². The van der Waals surface area contributed by atoms with Crippen LogP contribution in [0.3, 0.4) is 0 Å². The van der Waals surface area contributed by atoms with Gasteiger partial charge in [-0.2, -0.15) is 0 Å². The lowest BCUT2D eigenvalue weighted by Crippen LogP contribution is -1.97. The fraction of sp³-hybridized carbons (Fsp3) is 0.375. The van der Waals surface area contributed by atoms with Crippen molar-refractivity contribution in [2.75, 3.05) is 5.73 Å². The molecule has 0 saturated carbocycles. The smallest absolute Gasteiger partial charge is 0.0425 e. The third-order valence-corrected chi connectivity index (χ3v) is 1.66. The number of rotatable bonds is 1. The highest BCUT2D eigenvalue weighted by Crippen LogP contribution is 2.13. The van der Waals surface area contributed by atoms with Crippen LogP contribution in [0.4, 0.5) is 5.69 Å². The van der Waals surface area contributed by atoms with Gasteiger partial charge in [-0.15, -0.1) is 0 Å². The van der Waals surface area contributed by atoms with E-state index in [1.54, 1.807) is 6.20 Å². The summed E-state index contributed by atoms with van der Waals surface area (Å²) in [4.78, 5) is 4.13. The highest BCUT2D eigenvalue weighted by molar-refractivity contribution is 5.47. The minimum atomic E-state index is 0.856. The first-order valence-electron chi connectivity index (χ1n) is 3.45. The molecule has 0 aromatic carbocycles. The zero-order valence-electron chi connectivity index (χ0n) is 6.39. The van der Waals surface area contributed by atoms with Gasteiger partial charge in [0.25, 0.3) is 0 Å². The van der Waals surface area contributed by atoms with Crippen molar-refractivity contribution in [2.45, 2.75) is 20.3 Å². The molecule has 1 rings (SSSR count). The van der Waals surface area contributed by atoms with E-state index in [9.17, 15) is 0 Å². The van der Waals surface area contributed by atoms with Crippen molar-refractivity contribution in [1.29, 1.82) is 0 Å². The molecule has 0 fully saturated rings. The van der Waals surface area contributed by atoms with Crippen LogP contribution in [0.25, 0.3) is 0 Å². The predicted octanol–water partition coefficient (Wildman–Crippen LogP) is 1.53. The summed E-state index contributed by atoms with van der Waals surface area (Å²) in [5.41, 5.74) is 8.76. The summed E-state index contributed by atoms with van der Waals surface area (Å²) in [6.45, 7) is 4.07. The molecule has 0 saturated heterocycles. The van der Waals surface area contributed by atoms with Crippen molar-refractivity contribution in [1.82, 2.24) is 4.98 Å². The maximum Gasteiger partial charge on any atom is 0.0425 e. The summed E-state index contributed by atoms with van der Waals surface area (Å²) >= 11 is 0. The van der Waals surface area contributed by atoms with Gasteiger partial charge in [0, 0.05) is 17.6 Å². The Morgan fingerprint density at radius 2 is 2.30 bits per heavy atom. The molecule has 1 heterocycles. The maximum absolute atomic E-state index is 5.69. The van der Waals surface area contributed by atoms with Crippen LogP contribution in [-0.4, -0.2) is 4.98 Å². The normalized spacial score (nSPS) is 9.80. The molecule has 0 radical (unpaired) electrons. The highest BCUT2D eigenvalue weighted by Gasteiger charge is 1.98. The molecule has 0 atom stereocenters. The third kappa shape index (κ3) is 1.10. The molecule has 10 heavy (non-hydrogen) atoms. The van der Waals surface area contributed by atoms with Gasteiger partial charge >= 0.3 is 0 Å². The van der Waals surface area contributed by atoms with Crippen LogP contribution in [0.5, 0.6) is 0 Å². The minimum Gasteiger partial charge on any atom is -0.398 e. The Morgan fingerprint density at radius 1 is 1.60 bits per heavy atom. The summed E-state index contributed by atoms with van der Waals surface area (Å²) in [5.74, 6) is 0. The van der Waals surface area contributed by atoms with Gasteiger partial charge in [-0.25, -0.2) is 0 Å². The van der Waals surface area contributed by atoms with Crippen molar-refractivity contribution in [3.8, 4) is 0 Å². The highest BCUT2D eigenvalue weighted by atomic mass is 14.7. The number of pyridine rings is 1. The van der Waals surface area contributed by atoms with Gasteiger partial charge in [0.05, 0.1) is 0 Å². The monoisotopic (exact) mass is 136 g/mol. The number of nitrogen functional groups attached to an aromatic ring is 1. The molecule has 0 unspecified atom stereocenters. The first kappa shape index (κ1) is 7.06.